The monoisotopic (exact) mass is 295 g/mol. The Bertz CT molecular complexity index is 495. The Labute approximate surface area is 124 Å². The molecule has 1 N–H and O–H groups in total. The van der Waals surface area contributed by atoms with Gasteiger partial charge >= 0.3 is 6.09 Å². The molecule has 0 radical (unpaired) electrons. The second kappa shape index (κ2) is 6.02. The Morgan fingerprint density at radius 1 is 1.33 bits per heavy atom. The zero-order valence-electron chi connectivity index (χ0n) is 12.7. The van der Waals surface area contributed by atoms with Crippen molar-refractivity contribution in [2.75, 3.05) is 6.54 Å². The fourth-order valence-electron chi connectivity index (χ4n) is 2.49. The van der Waals surface area contributed by atoms with Crippen molar-refractivity contribution < 1.29 is 19.0 Å². The van der Waals surface area contributed by atoms with Gasteiger partial charge in [0.25, 0.3) is 0 Å². The van der Waals surface area contributed by atoms with Crippen molar-refractivity contribution in [2.45, 2.75) is 51.4 Å². The van der Waals surface area contributed by atoms with Crippen LogP contribution in [0.5, 0.6) is 0 Å². The molecule has 0 unspecified atom stereocenters. The zero-order chi connectivity index (χ0) is 15.6. The van der Waals surface area contributed by atoms with Crippen LogP contribution in [-0.2, 0) is 4.74 Å². The molecule has 21 heavy (non-hydrogen) atoms. The van der Waals surface area contributed by atoms with E-state index in [1.165, 1.54) is 12.1 Å². The number of ether oxygens (including phenoxy) is 1. The quantitative estimate of drug-likeness (QED) is 0.865. The van der Waals surface area contributed by atoms with E-state index in [4.69, 9.17) is 4.74 Å². The first-order valence-corrected chi connectivity index (χ1v) is 7.19. The lowest BCUT2D eigenvalue weighted by molar-refractivity contribution is -0.00843. The predicted octanol–water partition coefficient (Wildman–Crippen LogP) is 3.26. The molecule has 1 aliphatic rings. The van der Waals surface area contributed by atoms with Gasteiger partial charge in [-0.3, -0.25) is 0 Å². The summed E-state index contributed by atoms with van der Waals surface area (Å²) in [5.74, 6) is -0.320. The van der Waals surface area contributed by atoms with Crippen LogP contribution in [0.4, 0.5) is 9.18 Å². The number of hydrogen-bond acceptors (Lipinski definition) is 3. The number of carbonyl (C=O) groups excluding carboxylic acids is 1. The Morgan fingerprint density at radius 2 is 1.95 bits per heavy atom. The molecule has 2 rings (SSSR count). The van der Waals surface area contributed by atoms with Crippen molar-refractivity contribution >= 4 is 6.09 Å². The van der Waals surface area contributed by atoms with Gasteiger partial charge < -0.3 is 14.7 Å². The van der Waals surface area contributed by atoms with Crippen molar-refractivity contribution in [3.8, 4) is 0 Å². The molecule has 1 heterocycles. The molecule has 116 valence electrons. The first-order chi connectivity index (χ1) is 9.76. The molecule has 4 nitrogen and oxygen atoms in total. The summed E-state index contributed by atoms with van der Waals surface area (Å²) in [6.45, 7) is 5.88. The Morgan fingerprint density at radius 3 is 2.52 bits per heavy atom. The maximum atomic E-state index is 13.1. The van der Waals surface area contributed by atoms with E-state index in [-0.39, 0.29) is 11.9 Å². The van der Waals surface area contributed by atoms with Crippen LogP contribution in [0.15, 0.2) is 24.3 Å². The summed E-state index contributed by atoms with van der Waals surface area (Å²) in [5, 5.41) is 9.87. The van der Waals surface area contributed by atoms with Crippen molar-refractivity contribution in [3.63, 3.8) is 0 Å². The molecule has 1 aromatic rings. The summed E-state index contributed by atoms with van der Waals surface area (Å²) in [5.41, 5.74) is 0.238. The Balaban J connectivity index is 2.21. The fraction of sp³-hybridized carbons (Fsp3) is 0.562. The van der Waals surface area contributed by atoms with Gasteiger partial charge in [-0.15, -0.1) is 0 Å². The van der Waals surface area contributed by atoms with Crippen LogP contribution < -0.4 is 0 Å². The number of piperidine rings is 1. The third-order valence-electron chi connectivity index (χ3n) is 3.46. The highest BCUT2D eigenvalue weighted by Crippen LogP contribution is 2.32. The number of halogens is 1. The van der Waals surface area contributed by atoms with E-state index in [9.17, 15) is 14.3 Å². The third-order valence-corrected chi connectivity index (χ3v) is 3.46. The minimum absolute atomic E-state index is 0.288. The van der Waals surface area contributed by atoms with Gasteiger partial charge in [0.05, 0.1) is 12.1 Å². The molecule has 1 fully saturated rings. The second-order valence-electron chi connectivity index (χ2n) is 6.42. The highest BCUT2D eigenvalue weighted by atomic mass is 19.1. The number of aliphatic hydroxyl groups is 1. The van der Waals surface area contributed by atoms with Gasteiger partial charge in [0.1, 0.15) is 11.4 Å². The lowest BCUT2D eigenvalue weighted by atomic mass is 9.94. The Kier molecular flexibility index (Phi) is 4.52. The smallest absolute Gasteiger partial charge is 0.410 e. The fourth-order valence-corrected chi connectivity index (χ4v) is 2.49. The number of carbonyl (C=O) groups is 1. The molecule has 5 heteroatoms. The average molecular weight is 295 g/mol. The van der Waals surface area contributed by atoms with Gasteiger partial charge in [-0.2, -0.15) is 0 Å². The molecule has 0 saturated carbocycles. The number of rotatable bonds is 1. The van der Waals surface area contributed by atoms with Gasteiger partial charge in [-0.1, -0.05) is 12.1 Å². The van der Waals surface area contributed by atoms with E-state index in [2.05, 4.69) is 0 Å². The number of likely N-dealkylation sites (tertiary alicyclic amines) is 1. The largest absolute Gasteiger partial charge is 0.444 e. The van der Waals surface area contributed by atoms with Crippen molar-refractivity contribution in [1.82, 2.24) is 4.90 Å². The zero-order valence-corrected chi connectivity index (χ0v) is 12.7. The van der Waals surface area contributed by atoms with E-state index < -0.39 is 17.8 Å². The van der Waals surface area contributed by atoms with E-state index in [0.717, 1.165) is 5.56 Å². The van der Waals surface area contributed by atoms with Gasteiger partial charge in [-0.25, -0.2) is 9.18 Å². The van der Waals surface area contributed by atoms with Crippen LogP contribution in [0, 0.1) is 5.82 Å². The molecule has 0 aromatic heterocycles. The first-order valence-electron chi connectivity index (χ1n) is 7.19. The molecule has 2 atom stereocenters. The van der Waals surface area contributed by atoms with Crippen LogP contribution in [0.3, 0.4) is 0 Å². The molecule has 1 aromatic carbocycles. The highest BCUT2D eigenvalue weighted by molar-refractivity contribution is 5.69. The number of aliphatic hydroxyl groups excluding tert-OH is 1. The molecule has 0 bridgehead atoms. The molecular formula is C16H22FNO3. The predicted molar refractivity (Wildman–Crippen MR) is 77.3 cm³/mol. The van der Waals surface area contributed by atoms with Crippen LogP contribution in [0.2, 0.25) is 0 Å². The lowest BCUT2D eigenvalue weighted by Gasteiger charge is -2.38. The van der Waals surface area contributed by atoms with Crippen molar-refractivity contribution in [3.05, 3.63) is 35.6 Å². The van der Waals surface area contributed by atoms with Crippen molar-refractivity contribution in [2.24, 2.45) is 0 Å². The van der Waals surface area contributed by atoms with Gasteiger partial charge in [-0.05, 0) is 51.3 Å². The Hall–Kier alpha value is -1.62. The van der Waals surface area contributed by atoms with Crippen LogP contribution in [0.25, 0.3) is 0 Å². The van der Waals surface area contributed by atoms with E-state index in [1.54, 1.807) is 17.0 Å². The summed E-state index contributed by atoms with van der Waals surface area (Å²) in [6.07, 6.45) is 0.101. The normalized spacial score (nSPS) is 23.0. The maximum absolute atomic E-state index is 13.1. The third kappa shape index (κ3) is 4.17. The van der Waals surface area contributed by atoms with Crippen LogP contribution in [-0.4, -0.2) is 34.3 Å². The second-order valence-corrected chi connectivity index (χ2v) is 6.42. The standard InChI is InChI=1S/C16H22FNO3/c1-16(2,3)21-15(20)18-9-8-13(19)10-14(18)11-4-6-12(17)7-5-11/h4-7,13-14,19H,8-10H2,1-3H3/t13-,14-/m0/s1. The maximum Gasteiger partial charge on any atom is 0.410 e. The molecule has 1 aliphatic heterocycles. The average Bonchev–Trinajstić information content (AvgIpc) is 2.37. The summed E-state index contributed by atoms with van der Waals surface area (Å²) in [7, 11) is 0. The number of benzene rings is 1. The minimum atomic E-state index is -0.569. The minimum Gasteiger partial charge on any atom is -0.444 e. The summed E-state index contributed by atoms with van der Waals surface area (Å²) in [4.78, 5) is 13.9. The van der Waals surface area contributed by atoms with Gasteiger partial charge in [0, 0.05) is 6.54 Å². The molecular weight excluding hydrogens is 273 g/mol. The van der Waals surface area contributed by atoms with E-state index >= 15 is 0 Å². The molecule has 0 spiro atoms. The molecule has 0 aliphatic carbocycles. The van der Waals surface area contributed by atoms with Crippen LogP contribution >= 0.6 is 0 Å². The summed E-state index contributed by atoms with van der Waals surface area (Å²) >= 11 is 0. The molecule has 1 amide bonds. The van der Waals surface area contributed by atoms with Crippen LogP contribution in [0.1, 0.15) is 45.2 Å². The lowest BCUT2D eigenvalue weighted by Crippen LogP contribution is -2.44. The number of hydrogen-bond donors (Lipinski definition) is 1. The highest BCUT2D eigenvalue weighted by Gasteiger charge is 2.34. The van der Waals surface area contributed by atoms with E-state index in [1.807, 2.05) is 20.8 Å². The van der Waals surface area contributed by atoms with E-state index in [0.29, 0.717) is 19.4 Å². The van der Waals surface area contributed by atoms with Gasteiger partial charge in [0.15, 0.2) is 0 Å². The van der Waals surface area contributed by atoms with Crippen molar-refractivity contribution in [1.29, 1.82) is 0 Å². The number of nitrogens with zero attached hydrogens (tertiary/aromatic N) is 1. The summed E-state index contributed by atoms with van der Waals surface area (Å²) < 4.78 is 18.5. The van der Waals surface area contributed by atoms with Gasteiger partial charge in [0.2, 0.25) is 0 Å². The molecule has 1 saturated heterocycles. The summed E-state index contributed by atoms with van der Waals surface area (Å²) in [6, 6.07) is 5.74. The first kappa shape index (κ1) is 15.8. The number of amides is 1. The topological polar surface area (TPSA) is 49.8 Å². The SMILES string of the molecule is CC(C)(C)OC(=O)N1CC[C@H](O)C[C@H]1c1ccc(F)cc1.